The summed E-state index contributed by atoms with van der Waals surface area (Å²) in [7, 11) is 0. The van der Waals surface area contributed by atoms with Gasteiger partial charge in [0.1, 0.15) is 12.1 Å². The first kappa shape index (κ1) is 17.9. The molecule has 27 heavy (non-hydrogen) atoms. The number of nitrogens with zero attached hydrogens (tertiary/aromatic N) is 6. The molecule has 0 saturated carbocycles. The van der Waals surface area contributed by atoms with E-state index in [1.165, 1.54) is 5.56 Å². The molecule has 0 amide bonds. The van der Waals surface area contributed by atoms with Crippen molar-refractivity contribution in [3.63, 3.8) is 0 Å². The zero-order chi connectivity index (χ0) is 18.6. The van der Waals surface area contributed by atoms with E-state index in [1.807, 2.05) is 47.2 Å². The van der Waals surface area contributed by atoms with Crippen molar-refractivity contribution in [2.75, 3.05) is 0 Å². The summed E-state index contributed by atoms with van der Waals surface area (Å²) in [5, 5.41) is 18.1. The van der Waals surface area contributed by atoms with Gasteiger partial charge in [-0.25, -0.2) is 4.68 Å². The van der Waals surface area contributed by atoms with Gasteiger partial charge >= 0.3 is 0 Å². The third-order valence-corrected chi connectivity index (χ3v) is 5.66. The minimum absolute atomic E-state index is 0.514. The maximum Gasteiger partial charge on any atom is 0.191 e. The number of hydrogen-bond donors (Lipinski definition) is 0. The van der Waals surface area contributed by atoms with Gasteiger partial charge in [-0.15, -0.1) is 21.9 Å². The zero-order valence-corrected chi connectivity index (χ0v) is 16.9. The van der Waals surface area contributed by atoms with E-state index in [0.717, 1.165) is 32.2 Å². The molecular formula is C19H17BrN6S. The van der Waals surface area contributed by atoms with Crippen LogP contribution in [0.2, 0.25) is 0 Å². The highest BCUT2D eigenvalue weighted by Crippen LogP contribution is 2.23. The molecule has 2 heterocycles. The summed E-state index contributed by atoms with van der Waals surface area (Å²) in [6.45, 7) is 5.03. The Morgan fingerprint density at radius 1 is 1.04 bits per heavy atom. The zero-order valence-electron chi connectivity index (χ0n) is 14.5. The van der Waals surface area contributed by atoms with Gasteiger partial charge in [0.15, 0.2) is 11.0 Å². The number of benzene rings is 2. The Kier molecular flexibility index (Phi) is 5.35. The number of rotatable bonds is 7. The summed E-state index contributed by atoms with van der Waals surface area (Å²) in [6, 6.07) is 16.2. The van der Waals surface area contributed by atoms with Crippen molar-refractivity contribution >= 4 is 38.7 Å². The maximum atomic E-state index is 4.39. The van der Waals surface area contributed by atoms with E-state index < -0.39 is 0 Å². The van der Waals surface area contributed by atoms with Crippen molar-refractivity contribution < 1.29 is 0 Å². The van der Waals surface area contributed by atoms with Gasteiger partial charge in [-0.05, 0) is 29.8 Å². The maximum absolute atomic E-state index is 4.39. The molecule has 0 unspecified atom stereocenters. The SMILES string of the molecule is C=CCn1c(Cn2nnc3ccccc32)nnc1SCc1ccc(Br)cc1. The lowest BCUT2D eigenvalue weighted by molar-refractivity contribution is 0.597. The van der Waals surface area contributed by atoms with Crippen LogP contribution in [0.5, 0.6) is 0 Å². The topological polar surface area (TPSA) is 61.4 Å². The molecule has 2 aromatic carbocycles. The average Bonchev–Trinajstić information content (AvgIpc) is 3.27. The van der Waals surface area contributed by atoms with Crippen molar-refractivity contribution in [1.82, 2.24) is 29.8 Å². The fourth-order valence-electron chi connectivity index (χ4n) is 2.75. The van der Waals surface area contributed by atoms with Crippen LogP contribution < -0.4 is 0 Å². The van der Waals surface area contributed by atoms with E-state index in [9.17, 15) is 0 Å². The standard InChI is InChI=1S/C19H17BrN6S/c1-2-11-25-18(12-26-17-6-4-3-5-16(17)21-24-26)22-23-19(25)27-13-14-7-9-15(20)10-8-14/h2-10H,1,11-13H2. The molecule has 0 aliphatic heterocycles. The lowest BCUT2D eigenvalue weighted by atomic mass is 10.2. The molecule has 0 spiro atoms. The molecule has 0 saturated heterocycles. The Balaban J connectivity index is 1.56. The number of thioether (sulfide) groups is 1. The summed E-state index contributed by atoms with van der Waals surface area (Å²) in [5.74, 6) is 1.67. The number of hydrogen-bond acceptors (Lipinski definition) is 5. The van der Waals surface area contributed by atoms with Gasteiger partial charge in [0.2, 0.25) is 0 Å². The predicted octanol–water partition coefficient (Wildman–Crippen LogP) is 4.31. The molecule has 0 fully saturated rings. The van der Waals surface area contributed by atoms with Crippen LogP contribution in [0.15, 0.2) is 70.8 Å². The minimum atomic E-state index is 0.514. The highest BCUT2D eigenvalue weighted by atomic mass is 79.9. The van der Waals surface area contributed by atoms with Gasteiger partial charge in [-0.3, -0.25) is 0 Å². The third-order valence-electron chi connectivity index (χ3n) is 4.10. The fraction of sp³-hybridized carbons (Fsp3) is 0.158. The second-order valence-corrected chi connectivity index (χ2v) is 7.81. The van der Waals surface area contributed by atoms with Gasteiger partial charge in [-0.2, -0.15) is 0 Å². The van der Waals surface area contributed by atoms with Crippen molar-refractivity contribution in [2.45, 2.75) is 24.0 Å². The quantitative estimate of drug-likeness (QED) is 0.316. The first-order valence-corrected chi connectivity index (χ1v) is 10.2. The Morgan fingerprint density at radius 2 is 1.85 bits per heavy atom. The van der Waals surface area contributed by atoms with E-state index in [2.05, 4.69) is 59.7 Å². The molecule has 0 atom stereocenters. The van der Waals surface area contributed by atoms with Crippen LogP contribution >= 0.6 is 27.7 Å². The van der Waals surface area contributed by atoms with Gasteiger partial charge in [0.25, 0.3) is 0 Å². The van der Waals surface area contributed by atoms with Gasteiger partial charge in [-0.1, -0.05) is 63.2 Å². The second-order valence-electron chi connectivity index (χ2n) is 5.95. The lowest BCUT2D eigenvalue weighted by Gasteiger charge is -2.08. The Labute approximate surface area is 169 Å². The molecule has 8 heteroatoms. The van der Waals surface area contributed by atoms with Crippen LogP contribution in [-0.4, -0.2) is 29.8 Å². The summed E-state index contributed by atoms with van der Waals surface area (Å²) < 4.78 is 5.00. The Morgan fingerprint density at radius 3 is 2.67 bits per heavy atom. The molecule has 0 N–H and O–H groups in total. The first-order valence-electron chi connectivity index (χ1n) is 8.43. The predicted molar refractivity (Wildman–Crippen MR) is 111 cm³/mol. The smallest absolute Gasteiger partial charge is 0.191 e. The van der Waals surface area contributed by atoms with Crippen LogP contribution in [0, 0.1) is 0 Å². The number of aromatic nitrogens is 6. The number of allylic oxidation sites excluding steroid dienone is 1. The molecule has 4 aromatic rings. The highest BCUT2D eigenvalue weighted by Gasteiger charge is 2.14. The molecular weight excluding hydrogens is 424 g/mol. The van der Waals surface area contributed by atoms with E-state index in [-0.39, 0.29) is 0 Å². The monoisotopic (exact) mass is 440 g/mol. The molecule has 0 radical (unpaired) electrons. The lowest BCUT2D eigenvalue weighted by Crippen LogP contribution is -2.10. The highest BCUT2D eigenvalue weighted by molar-refractivity contribution is 9.10. The first-order chi connectivity index (χ1) is 13.2. The summed E-state index contributed by atoms with van der Waals surface area (Å²) >= 11 is 5.13. The van der Waals surface area contributed by atoms with E-state index in [1.54, 1.807) is 11.8 Å². The van der Waals surface area contributed by atoms with E-state index in [4.69, 9.17) is 0 Å². The Hall–Kier alpha value is -2.45. The number of halogens is 1. The fourth-order valence-corrected chi connectivity index (χ4v) is 3.94. The molecule has 136 valence electrons. The molecule has 4 rings (SSSR count). The summed E-state index contributed by atoms with van der Waals surface area (Å²) in [5.41, 5.74) is 3.09. The van der Waals surface area contributed by atoms with Crippen molar-refractivity contribution in [3.8, 4) is 0 Å². The van der Waals surface area contributed by atoms with Crippen LogP contribution in [-0.2, 0) is 18.8 Å². The van der Waals surface area contributed by atoms with Crippen molar-refractivity contribution in [3.05, 3.63) is 77.0 Å². The average molecular weight is 441 g/mol. The summed E-state index contributed by atoms with van der Waals surface area (Å²) in [6.07, 6.45) is 1.86. The summed E-state index contributed by atoms with van der Waals surface area (Å²) in [4.78, 5) is 0. The van der Waals surface area contributed by atoms with Gasteiger partial charge < -0.3 is 4.57 Å². The van der Waals surface area contributed by atoms with Crippen LogP contribution in [0.3, 0.4) is 0 Å². The van der Waals surface area contributed by atoms with Crippen LogP contribution in [0.1, 0.15) is 11.4 Å². The second kappa shape index (κ2) is 8.06. The van der Waals surface area contributed by atoms with E-state index in [0.29, 0.717) is 13.1 Å². The van der Waals surface area contributed by atoms with Crippen LogP contribution in [0.4, 0.5) is 0 Å². The normalized spacial score (nSPS) is 11.1. The third kappa shape index (κ3) is 3.96. The number of para-hydroxylation sites is 1. The molecule has 6 nitrogen and oxygen atoms in total. The van der Waals surface area contributed by atoms with Gasteiger partial charge in [0.05, 0.1) is 5.52 Å². The van der Waals surface area contributed by atoms with Crippen molar-refractivity contribution in [2.24, 2.45) is 0 Å². The molecule has 0 aliphatic carbocycles. The minimum Gasteiger partial charge on any atom is -0.301 e. The molecule has 0 bridgehead atoms. The van der Waals surface area contributed by atoms with E-state index >= 15 is 0 Å². The molecule has 2 aromatic heterocycles. The Bertz CT molecular complexity index is 1070. The van der Waals surface area contributed by atoms with Crippen molar-refractivity contribution in [1.29, 1.82) is 0 Å². The van der Waals surface area contributed by atoms with Gasteiger partial charge in [0, 0.05) is 16.8 Å². The molecule has 0 aliphatic rings. The number of fused-ring (bicyclic) bond motifs is 1. The largest absolute Gasteiger partial charge is 0.301 e. The van der Waals surface area contributed by atoms with Crippen LogP contribution in [0.25, 0.3) is 11.0 Å².